The first kappa shape index (κ1) is 19.1. The number of benzene rings is 1. The quantitative estimate of drug-likeness (QED) is 0.828. The van der Waals surface area contributed by atoms with Crippen molar-refractivity contribution in [1.82, 2.24) is 15.1 Å². The van der Waals surface area contributed by atoms with Crippen LogP contribution in [0, 0.1) is 11.7 Å². The number of alkyl halides is 3. The van der Waals surface area contributed by atoms with E-state index < -0.39 is 12.1 Å². The monoisotopic (exact) mass is 373 g/mol. The van der Waals surface area contributed by atoms with E-state index in [0.717, 1.165) is 5.56 Å². The van der Waals surface area contributed by atoms with E-state index in [2.05, 4.69) is 5.32 Å². The lowest BCUT2D eigenvalue weighted by Gasteiger charge is -2.39. The number of carbonyl (C=O) groups excluding carboxylic acids is 1. The van der Waals surface area contributed by atoms with Crippen LogP contribution in [0.15, 0.2) is 24.3 Å². The molecular weight excluding hydrogens is 350 g/mol. The Morgan fingerprint density at radius 3 is 2.81 bits per heavy atom. The van der Waals surface area contributed by atoms with Gasteiger partial charge in [0.05, 0.1) is 12.5 Å². The van der Waals surface area contributed by atoms with Gasteiger partial charge in [0.25, 0.3) is 0 Å². The van der Waals surface area contributed by atoms with Crippen LogP contribution in [0.3, 0.4) is 0 Å². The van der Waals surface area contributed by atoms with E-state index in [1.54, 1.807) is 12.1 Å². The van der Waals surface area contributed by atoms with Gasteiger partial charge >= 0.3 is 6.18 Å². The van der Waals surface area contributed by atoms with E-state index in [0.29, 0.717) is 32.6 Å². The molecule has 2 aliphatic heterocycles. The van der Waals surface area contributed by atoms with Gasteiger partial charge < -0.3 is 10.2 Å². The first-order valence-electron chi connectivity index (χ1n) is 8.89. The summed E-state index contributed by atoms with van der Waals surface area (Å²) >= 11 is 0. The Morgan fingerprint density at radius 1 is 1.27 bits per heavy atom. The minimum Gasteiger partial charge on any atom is -0.341 e. The topological polar surface area (TPSA) is 35.6 Å². The zero-order valence-electron chi connectivity index (χ0n) is 14.4. The molecule has 0 spiro atoms. The highest BCUT2D eigenvalue weighted by molar-refractivity contribution is 5.78. The third-order valence-corrected chi connectivity index (χ3v) is 5.16. The molecule has 144 valence electrons. The second-order valence-electron chi connectivity index (χ2n) is 6.97. The molecule has 0 aromatic heterocycles. The Morgan fingerprint density at radius 2 is 2.08 bits per heavy atom. The van der Waals surface area contributed by atoms with Gasteiger partial charge in [0, 0.05) is 38.8 Å². The maximum atomic E-state index is 13.5. The third-order valence-electron chi connectivity index (χ3n) is 5.16. The molecule has 0 saturated carbocycles. The summed E-state index contributed by atoms with van der Waals surface area (Å²) in [6.45, 7) is 1.99. The van der Waals surface area contributed by atoms with Crippen molar-refractivity contribution in [1.29, 1.82) is 0 Å². The molecule has 26 heavy (non-hydrogen) atoms. The van der Waals surface area contributed by atoms with Crippen LogP contribution in [0.4, 0.5) is 17.6 Å². The van der Waals surface area contributed by atoms with E-state index in [4.69, 9.17) is 0 Å². The summed E-state index contributed by atoms with van der Waals surface area (Å²) in [4.78, 5) is 15.9. The number of piperazine rings is 1. The van der Waals surface area contributed by atoms with Gasteiger partial charge in [0.15, 0.2) is 0 Å². The average Bonchev–Trinajstić information content (AvgIpc) is 2.61. The van der Waals surface area contributed by atoms with Crippen molar-refractivity contribution < 1.29 is 22.4 Å². The molecule has 0 radical (unpaired) electrons. The van der Waals surface area contributed by atoms with E-state index >= 15 is 0 Å². The van der Waals surface area contributed by atoms with Gasteiger partial charge in [-0.1, -0.05) is 12.1 Å². The SMILES string of the molecule is O=C(CN1CCNCC1c1cccc(F)c1)N1CCCC(C(F)(F)F)C1. The first-order chi connectivity index (χ1) is 12.3. The molecule has 2 aliphatic rings. The molecule has 1 N–H and O–H groups in total. The molecule has 2 saturated heterocycles. The Hall–Kier alpha value is -1.67. The molecule has 3 rings (SSSR count). The molecule has 2 unspecified atom stereocenters. The van der Waals surface area contributed by atoms with Crippen molar-refractivity contribution in [3.63, 3.8) is 0 Å². The van der Waals surface area contributed by atoms with Crippen molar-refractivity contribution in [2.75, 3.05) is 39.3 Å². The predicted octanol–water partition coefficient (Wildman–Crippen LogP) is 2.57. The van der Waals surface area contributed by atoms with Crippen LogP contribution in [0.1, 0.15) is 24.4 Å². The molecule has 1 aromatic carbocycles. The van der Waals surface area contributed by atoms with Crippen molar-refractivity contribution in [2.24, 2.45) is 5.92 Å². The highest BCUT2D eigenvalue weighted by Crippen LogP contribution is 2.33. The second kappa shape index (κ2) is 7.92. The van der Waals surface area contributed by atoms with Crippen LogP contribution < -0.4 is 5.32 Å². The molecule has 1 aromatic rings. The number of rotatable bonds is 3. The number of hydrogen-bond donors (Lipinski definition) is 1. The number of likely N-dealkylation sites (tertiary alicyclic amines) is 1. The van der Waals surface area contributed by atoms with Crippen molar-refractivity contribution in [3.05, 3.63) is 35.6 Å². The van der Waals surface area contributed by atoms with E-state index in [1.165, 1.54) is 17.0 Å². The largest absolute Gasteiger partial charge is 0.393 e. The Kier molecular flexibility index (Phi) is 5.82. The van der Waals surface area contributed by atoms with Crippen molar-refractivity contribution in [2.45, 2.75) is 25.1 Å². The zero-order valence-corrected chi connectivity index (χ0v) is 14.4. The van der Waals surface area contributed by atoms with Crippen molar-refractivity contribution in [3.8, 4) is 0 Å². The van der Waals surface area contributed by atoms with E-state index in [9.17, 15) is 22.4 Å². The molecule has 2 heterocycles. The van der Waals surface area contributed by atoms with Crippen LogP contribution >= 0.6 is 0 Å². The molecule has 1 amide bonds. The highest BCUT2D eigenvalue weighted by Gasteiger charge is 2.43. The van der Waals surface area contributed by atoms with Gasteiger partial charge in [-0.05, 0) is 30.5 Å². The summed E-state index contributed by atoms with van der Waals surface area (Å²) in [6, 6.07) is 6.05. The average molecular weight is 373 g/mol. The fourth-order valence-electron chi connectivity index (χ4n) is 3.72. The molecule has 4 nitrogen and oxygen atoms in total. The van der Waals surface area contributed by atoms with Gasteiger partial charge in [-0.3, -0.25) is 9.69 Å². The van der Waals surface area contributed by atoms with Crippen LogP contribution in [0.25, 0.3) is 0 Å². The van der Waals surface area contributed by atoms with Crippen LogP contribution in [0.5, 0.6) is 0 Å². The number of amides is 1. The third kappa shape index (κ3) is 4.54. The summed E-state index contributed by atoms with van der Waals surface area (Å²) in [7, 11) is 0. The van der Waals surface area contributed by atoms with Crippen LogP contribution in [-0.4, -0.2) is 61.2 Å². The predicted molar refractivity (Wildman–Crippen MR) is 88.9 cm³/mol. The molecule has 2 atom stereocenters. The van der Waals surface area contributed by atoms with Gasteiger partial charge in [-0.25, -0.2) is 4.39 Å². The Balaban J connectivity index is 1.66. The normalized spacial score (nSPS) is 25.3. The molecule has 0 bridgehead atoms. The summed E-state index contributed by atoms with van der Waals surface area (Å²) in [5.74, 6) is -2.08. The number of halogens is 4. The number of piperidine rings is 1. The molecule has 2 fully saturated rings. The fraction of sp³-hybridized carbons (Fsp3) is 0.611. The summed E-state index contributed by atoms with van der Waals surface area (Å²) < 4.78 is 52.4. The number of hydrogen-bond acceptors (Lipinski definition) is 3. The van der Waals surface area contributed by atoms with Crippen LogP contribution in [0.2, 0.25) is 0 Å². The Bertz CT molecular complexity index is 637. The smallest absolute Gasteiger partial charge is 0.341 e. The number of nitrogens with one attached hydrogen (secondary N) is 1. The summed E-state index contributed by atoms with van der Waals surface area (Å²) in [5.41, 5.74) is 0.761. The Labute approximate surface area is 150 Å². The van der Waals surface area contributed by atoms with Gasteiger partial charge in [-0.15, -0.1) is 0 Å². The van der Waals surface area contributed by atoms with E-state index in [1.807, 2.05) is 4.90 Å². The lowest BCUT2D eigenvalue weighted by molar-refractivity contribution is -0.188. The molecule has 0 aliphatic carbocycles. The maximum Gasteiger partial charge on any atom is 0.393 e. The highest BCUT2D eigenvalue weighted by atomic mass is 19.4. The summed E-state index contributed by atoms with van der Waals surface area (Å²) in [6.07, 6.45) is -3.82. The van der Waals surface area contributed by atoms with Gasteiger partial charge in [-0.2, -0.15) is 13.2 Å². The summed E-state index contributed by atoms with van der Waals surface area (Å²) in [5, 5.41) is 3.22. The number of carbonyl (C=O) groups is 1. The van der Waals surface area contributed by atoms with Gasteiger partial charge in [0.1, 0.15) is 5.82 Å². The standard InChI is InChI=1S/C18H23F4N3O/c19-15-5-1-3-13(9-15)16-10-23-6-8-24(16)12-17(26)25-7-2-4-14(11-25)18(20,21)22/h1,3,5,9,14,16,23H,2,4,6-8,10-12H2. The maximum absolute atomic E-state index is 13.5. The minimum atomic E-state index is -4.27. The lowest BCUT2D eigenvalue weighted by Crippen LogP contribution is -2.52. The number of nitrogens with zero attached hydrogens (tertiary/aromatic N) is 2. The fourth-order valence-corrected chi connectivity index (χ4v) is 3.72. The minimum absolute atomic E-state index is 0.0490. The van der Waals surface area contributed by atoms with E-state index in [-0.39, 0.29) is 37.3 Å². The zero-order chi connectivity index (χ0) is 18.7. The molecular formula is C18H23F4N3O. The van der Waals surface area contributed by atoms with Crippen LogP contribution in [-0.2, 0) is 4.79 Å². The van der Waals surface area contributed by atoms with Gasteiger partial charge in [0.2, 0.25) is 5.91 Å². The second-order valence-corrected chi connectivity index (χ2v) is 6.97. The lowest BCUT2D eigenvalue weighted by atomic mass is 9.97. The van der Waals surface area contributed by atoms with Crippen molar-refractivity contribution >= 4 is 5.91 Å². The molecule has 8 heteroatoms. The first-order valence-corrected chi connectivity index (χ1v) is 8.89.